The van der Waals surface area contributed by atoms with Crippen LogP contribution in [-0.2, 0) is 17.8 Å². The average molecular weight is 394 g/mol. The van der Waals surface area contributed by atoms with Gasteiger partial charge in [0.1, 0.15) is 5.82 Å². The minimum atomic E-state index is 0.593. The monoisotopic (exact) mass is 394 g/mol. The predicted octanol–water partition coefficient (Wildman–Crippen LogP) is 5.35. The summed E-state index contributed by atoms with van der Waals surface area (Å²) in [4.78, 5) is 4.91. The molecule has 0 spiro atoms. The van der Waals surface area contributed by atoms with Gasteiger partial charge in [-0.2, -0.15) is 5.26 Å². The molecule has 30 heavy (non-hydrogen) atoms. The minimum absolute atomic E-state index is 0.593. The number of benzene rings is 3. The third-order valence-electron chi connectivity index (χ3n) is 5.74. The Morgan fingerprint density at radius 3 is 2.53 bits per heavy atom. The average Bonchev–Trinajstić information content (AvgIpc) is 3.31. The molecule has 0 fully saturated rings. The molecule has 5 aromatic rings. The summed E-state index contributed by atoms with van der Waals surface area (Å²) in [5.74, 6) is 0.896. The fourth-order valence-electron chi connectivity index (χ4n) is 4.36. The SMILES string of the molecule is CCn1c2ccccc2c2cc(-c3nc4cc(C#N)ccc4n3CCOC)ccc21. The Morgan fingerprint density at radius 1 is 0.933 bits per heavy atom. The maximum Gasteiger partial charge on any atom is 0.141 e. The number of aryl methyl sites for hydroxylation is 1. The molecule has 0 aliphatic carbocycles. The van der Waals surface area contributed by atoms with Crippen LogP contribution >= 0.6 is 0 Å². The molecule has 5 nitrogen and oxygen atoms in total. The van der Waals surface area contributed by atoms with Gasteiger partial charge in [0.25, 0.3) is 0 Å². The van der Waals surface area contributed by atoms with Gasteiger partial charge in [-0.25, -0.2) is 4.98 Å². The first kappa shape index (κ1) is 18.4. The van der Waals surface area contributed by atoms with Gasteiger partial charge in [-0.15, -0.1) is 0 Å². The molecular formula is C25H22N4O. The number of methoxy groups -OCH3 is 1. The lowest BCUT2D eigenvalue weighted by atomic mass is 10.1. The Morgan fingerprint density at radius 2 is 1.73 bits per heavy atom. The van der Waals surface area contributed by atoms with Crippen molar-refractivity contribution in [1.29, 1.82) is 5.26 Å². The van der Waals surface area contributed by atoms with Gasteiger partial charge in [0.2, 0.25) is 0 Å². The Kier molecular flexibility index (Phi) is 4.50. The second kappa shape index (κ2) is 7.33. The normalized spacial score (nSPS) is 11.5. The van der Waals surface area contributed by atoms with Crippen molar-refractivity contribution in [1.82, 2.24) is 14.1 Å². The third-order valence-corrected chi connectivity index (χ3v) is 5.74. The van der Waals surface area contributed by atoms with Crippen molar-refractivity contribution in [2.24, 2.45) is 0 Å². The van der Waals surface area contributed by atoms with Gasteiger partial charge in [0.15, 0.2) is 0 Å². The van der Waals surface area contributed by atoms with Crippen LogP contribution in [0.4, 0.5) is 0 Å². The highest BCUT2D eigenvalue weighted by Gasteiger charge is 2.16. The van der Waals surface area contributed by atoms with Crippen molar-refractivity contribution in [3.63, 3.8) is 0 Å². The summed E-state index contributed by atoms with van der Waals surface area (Å²) in [5.41, 5.74) is 6.00. The number of hydrogen-bond acceptors (Lipinski definition) is 3. The van der Waals surface area contributed by atoms with E-state index in [-0.39, 0.29) is 0 Å². The zero-order chi connectivity index (χ0) is 20.7. The van der Waals surface area contributed by atoms with E-state index in [1.54, 1.807) is 7.11 Å². The van der Waals surface area contributed by atoms with Gasteiger partial charge < -0.3 is 13.9 Å². The molecule has 2 heterocycles. The zero-order valence-corrected chi connectivity index (χ0v) is 17.1. The van der Waals surface area contributed by atoms with E-state index < -0.39 is 0 Å². The number of imidazole rings is 1. The van der Waals surface area contributed by atoms with Crippen LogP contribution in [0.1, 0.15) is 12.5 Å². The van der Waals surface area contributed by atoms with Crippen molar-refractivity contribution in [3.05, 3.63) is 66.2 Å². The van der Waals surface area contributed by atoms with Crippen LogP contribution in [0.25, 0.3) is 44.2 Å². The van der Waals surface area contributed by atoms with Crippen LogP contribution in [0.15, 0.2) is 60.7 Å². The summed E-state index contributed by atoms with van der Waals surface area (Å²) in [5, 5.41) is 11.8. The molecule has 0 saturated carbocycles. The number of rotatable bonds is 5. The van der Waals surface area contributed by atoms with Crippen molar-refractivity contribution < 1.29 is 4.74 Å². The van der Waals surface area contributed by atoms with Gasteiger partial charge >= 0.3 is 0 Å². The second-order valence-electron chi connectivity index (χ2n) is 7.39. The van der Waals surface area contributed by atoms with E-state index in [0.29, 0.717) is 18.7 Å². The summed E-state index contributed by atoms with van der Waals surface area (Å²) < 4.78 is 9.87. The largest absolute Gasteiger partial charge is 0.383 e. The summed E-state index contributed by atoms with van der Waals surface area (Å²) in [6.45, 7) is 4.39. The standard InChI is InChI=1S/C25H22N4O/c1-3-28-22-7-5-4-6-19(22)20-15-18(9-11-23(20)28)25-27-21-14-17(16-26)8-10-24(21)29(25)12-13-30-2/h4-11,14-15H,3,12-13H2,1-2H3. The zero-order valence-electron chi connectivity index (χ0n) is 17.1. The quantitative estimate of drug-likeness (QED) is 0.404. The summed E-state index contributed by atoms with van der Waals surface area (Å²) in [6.07, 6.45) is 0. The Balaban J connectivity index is 1.77. The first-order valence-electron chi connectivity index (χ1n) is 10.2. The first-order chi connectivity index (χ1) is 14.7. The first-order valence-corrected chi connectivity index (χ1v) is 10.2. The van der Waals surface area contributed by atoms with Crippen molar-refractivity contribution in [2.75, 3.05) is 13.7 Å². The van der Waals surface area contributed by atoms with E-state index in [2.05, 4.69) is 64.6 Å². The van der Waals surface area contributed by atoms with Crippen molar-refractivity contribution in [2.45, 2.75) is 20.0 Å². The smallest absolute Gasteiger partial charge is 0.141 e. The molecule has 0 bridgehead atoms. The van der Waals surface area contributed by atoms with Crippen LogP contribution < -0.4 is 0 Å². The molecule has 0 atom stereocenters. The summed E-state index contributed by atoms with van der Waals surface area (Å²) >= 11 is 0. The van der Waals surface area contributed by atoms with E-state index >= 15 is 0 Å². The number of para-hydroxylation sites is 1. The highest BCUT2D eigenvalue weighted by molar-refractivity contribution is 6.09. The number of nitriles is 1. The fraction of sp³-hybridized carbons (Fsp3) is 0.200. The lowest BCUT2D eigenvalue weighted by Gasteiger charge is -2.09. The molecule has 0 aliphatic heterocycles. The van der Waals surface area contributed by atoms with Gasteiger partial charge in [0.05, 0.1) is 29.3 Å². The number of aromatic nitrogens is 3. The van der Waals surface area contributed by atoms with E-state index in [4.69, 9.17) is 9.72 Å². The molecule has 5 heteroatoms. The molecule has 0 aliphatic rings. The summed E-state index contributed by atoms with van der Waals surface area (Å²) in [7, 11) is 1.71. The lowest BCUT2D eigenvalue weighted by Crippen LogP contribution is -2.06. The molecule has 2 aromatic heterocycles. The molecule has 3 aromatic carbocycles. The Hall–Kier alpha value is -3.62. The number of nitrogens with zero attached hydrogens (tertiary/aromatic N) is 4. The van der Waals surface area contributed by atoms with Gasteiger partial charge in [0, 0.05) is 47.6 Å². The molecule has 148 valence electrons. The molecule has 0 amide bonds. The second-order valence-corrected chi connectivity index (χ2v) is 7.39. The summed E-state index contributed by atoms with van der Waals surface area (Å²) in [6, 6.07) is 23.0. The lowest BCUT2D eigenvalue weighted by molar-refractivity contribution is 0.188. The fourth-order valence-corrected chi connectivity index (χ4v) is 4.36. The molecule has 0 unspecified atom stereocenters. The number of fused-ring (bicyclic) bond motifs is 4. The predicted molar refractivity (Wildman–Crippen MR) is 120 cm³/mol. The maximum atomic E-state index is 9.27. The van der Waals surface area contributed by atoms with Crippen LogP contribution in [0, 0.1) is 11.3 Å². The molecule has 0 radical (unpaired) electrons. The topological polar surface area (TPSA) is 55.8 Å². The Labute approximate surface area is 174 Å². The molecular weight excluding hydrogens is 372 g/mol. The van der Waals surface area contributed by atoms with E-state index in [1.165, 1.54) is 21.8 Å². The highest BCUT2D eigenvalue weighted by atomic mass is 16.5. The van der Waals surface area contributed by atoms with E-state index in [9.17, 15) is 5.26 Å². The maximum absolute atomic E-state index is 9.27. The highest BCUT2D eigenvalue weighted by Crippen LogP contribution is 2.33. The third kappa shape index (κ3) is 2.77. The Bertz CT molecular complexity index is 1430. The van der Waals surface area contributed by atoms with Crippen LogP contribution in [0.5, 0.6) is 0 Å². The van der Waals surface area contributed by atoms with Crippen LogP contribution in [0.3, 0.4) is 0 Å². The molecule has 0 N–H and O–H groups in total. The van der Waals surface area contributed by atoms with E-state index in [1.807, 2.05) is 18.2 Å². The van der Waals surface area contributed by atoms with Gasteiger partial charge in [-0.05, 0) is 49.4 Å². The van der Waals surface area contributed by atoms with Crippen LogP contribution in [0.2, 0.25) is 0 Å². The molecule has 5 rings (SSSR count). The number of hydrogen-bond donors (Lipinski definition) is 0. The van der Waals surface area contributed by atoms with E-state index in [0.717, 1.165) is 29.0 Å². The molecule has 0 saturated heterocycles. The van der Waals surface area contributed by atoms with Crippen molar-refractivity contribution >= 4 is 32.8 Å². The number of ether oxygens (including phenoxy) is 1. The van der Waals surface area contributed by atoms with Gasteiger partial charge in [-0.3, -0.25) is 0 Å². The minimum Gasteiger partial charge on any atom is -0.383 e. The van der Waals surface area contributed by atoms with Crippen molar-refractivity contribution in [3.8, 4) is 17.5 Å². The van der Waals surface area contributed by atoms with Gasteiger partial charge in [-0.1, -0.05) is 18.2 Å². The van der Waals surface area contributed by atoms with Crippen LogP contribution in [-0.4, -0.2) is 27.8 Å².